The molecule has 1 unspecified atom stereocenters. The van der Waals surface area contributed by atoms with E-state index in [0.29, 0.717) is 25.5 Å². The van der Waals surface area contributed by atoms with Gasteiger partial charge in [-0.3, -0.25) is 0 Å². The lowest BCUT2D eigenvalue weighted by molar-refractivity contribution is 0.135. The first-order valence-electron chi connectivity index (χ1n) is 7.95. The fraction of sp³-hybridized carbons (Fsp3) is 0.800. The van der Waals surface area contributed by atoms with Crippen LogP contribution in [0.4, 0.5) is 4.79 Å². The quantitative estimate of drug-likeness (QED) is 0.801. The van der Waals surface area contributed by atoms with Crippen molar-refractivity contribution in [3.63, 3.8) is 0 Å². The highest BCUT2D eigenvalue weighted by Gasteiger charge is 2.34. The molecule has 2 amide bonds. The summed E-state index contributed by atoms with van der Waals surface area (Å²) in [7, 11) is -1.44. The van der Waals surface area contributed by atoms with Crippen molar-refractivity contribution >= 4 is 15.9 Å². The van der Waals surface area contributed by atoms with Gasteiger partial charge in [-0.05, 0) is 25.2 Å². The van der Waals surface area contributed by atoms with E-state index in [0.717, 1.165) is 0 Å². The van der Waals surface area contributed by atoms with E-state index >= 15 is 0 Å². The molecule has 1 N–H and O–H groups in total. The second-order valence-corrected chi connectivity index (χ2v) is 8.32. The number of nitrogens with zero attached hydrogens (tertiary/aromatic N) is 1. The van der Waals surface area contributed by atoms with Gasteiger partial charge in [0.25, 0.3) is 0 Å². The van der Waals surface area contributed by atoms with E-state index in [2.05, 4.69) is 5.32 Å². The van der Waals surface area contributed by atoms with Gasteiger partial charge < -0.3 is 15.0 Å². The van der Waals surface area contributed by atoms with Crippen LogP contribution in [-0.4, -0.2) is 57.2 Å². The Labute approximate surface area is 132 Å². The minimum atomic E-state index is -3.01. The van der Waals surface area contributed by atoms with Crippen LogP contribution in [-0.2, 0) is 14.6 Å². The summed E-state index contributed by atoms with van der Waals surface area (Å²) < 4.78 is 28.3. The Hall–Kier alpha value is -1.08. The van der Waals surface area contributed by atoms with Gasteiger partial charge in [0.05, 0.1) is 18.1 Å². The molecule has 1 heterocycles. The van der Waals surface area contributed by atoms with Gasteiger partial charge in [-0.2, -0.15) is 0 Å². The number of ether oxygens (including phenoxy) is 1. The smallest absolute Gasteiger partial charge is 0.321 e. The Balaban J connectivity index is 1.90. The third-order valence-corrected chi connectivity index (χ3v) is 6.17. The maximum atomic E-state index is 12.3. The lowest BCUT2D eigenvalue weighted by Crippen LogP contribution is -2.46. The van der Waals surface area contributed by atoms with Crippen LogP contribution in [0.3, 0.4) is 0 Å². The van der Waals surface area contributed by atoms with Crippen LogP contribution in [0.15, 0.2) is 12.3 Å². The number of nitrogens with one attached hydrogen (secondary N) is 1. The van der Waals surface area contributed by atoms with Crippen molar-refractivity contribution < 1.29 is 17.9 Å². The molecule has 0 radical (unpaired) electrons. The Morgan fingerprint density at radius 2 is 2.05 bits per heavy atom. The van der Waals surface area contributed by atoms with Gasteiger partial charge in [-0.15, -0.1) is 0 Å². The van der Waals surface area contributed by atoms with Crippen molar-refractivity contribution in [1.82, 2.24) is 10.2 Å². The first kappa shape index (κ1) is 17.3. The van der Waals surface area contributed by atoms with Gasteiger partial charge in [0, 0.05) is 25.9 Å². The molecular formula is C15H26N2O4S. The molecule has 2 fully saturated rings. The normalized spacial score (nSPS) is 24.9. The summed E-state index contributed by atoms with van der Waals surface area (Å²) >= 11 is 0. The summed E-state index contributed by atoms with van der Waals surface area (Å²) in [4.78, 5) is 13.9. The average molecular weight is 330 g/mol. The van der Waals surface area contributed by atoms with E-state index in [-0.39, 0.29) is 23.6 Å². The molecule has 1 atom stereocenters. The molecule has 0 bridgehead atoms. The fourth-order valence-electron chi connectivity index (χ4n) is 3.15. The van der Waals surface area contributed by atoms with Crippen LogP contribution >= 0.6 is 0 Å². The highest BCUT2D eigenvalue weighted by Crippen LogP contribution is 2.25. The number of carbonyl (C=O) groups is 1. The summed E-state index contributed by atoms with van der Waals surface area (Å²) in [5.74, 6) is 0.766. The van der Waals surface area contributed by atoms with E-state index in [9.17, 15) is 13.2 Å². The third-order valence-electron chi connectivity index (χ3n) is 4.42. The standard InChI is InChI=1S/C15H26N2O4S/c1-21-10-9-17(14-7-11-22(19,20)12-14)15(18)16-8-6-13-4-2-3-5-13/h6,8,13-14H,2-5,7,9-12H2,1H3,(H,16,18)/b8-6+. The van der Waals surface area contributed by atoms with Crippen molar-refractivity contribution in [3.8, 4) is 0 Å². The predicted octanol–water partition coefficient (Wildman–Crippen LogP) is 1.54. The predicted molar refractivity (Wildman–Crippen MR) is 85.3 cm³/mol. The summed E-state index contributed by atoms with van der Waals surface area (Å²) in [6, 6.07) is -0.492. The molecule has 1 aliphatic carbocycles. The Morgan fingerprint density at radius 3 is 2.64 bits per heavy atom. The molecule has 126 valence electrons. The number of urea groups is 1. The largest absolute Gasteiger partial charge is 0.383 e. The zero-order chi connectivity index (χ0) is 16.0. The van der Waals surface area contributed by atoms with Gasteiger partial charge in [-0.1, -0.05) is 18.9 Å². The topological polar surface area (TPSA) is 75.7 Å². The van der Waals surface area contributed by atoms with Gasteiger partial charge >= 0.3 is 6.03 Å². The van der Waals surface area contributed by atoms with Gasteiger partial charge in [0.1, 0.15) is 0 Å². The van der Waals surface area contributed by atoms with Crippen molar-refractivity contribution in [1.29, 1.82) is 0 Å². The number of rotatable bonds is 6. The van der Waals surface area contributed by atoms with Crippen LogP contribution in [0, 0.1) is 5.92 Å². The van der Waals surface area contributed by atoms with Crippen molar-refractivity contribution in [2.24, 2.45) is 5.92 Å². The highest BCUT2D eigenvalue weighted by atomic mass is 32.2. The molecule has 6 nitrogen and oxygen atoms in total. The first-order chi connectivity index (χ1) is 10.5. The average Bonchev–Trinajstić information content (AvgIpc) is 3.09. The molecule has 0 spiro atoms. The summed E-state index contributed by atoms with van der Waals surface area (Å²) in [5, 5.41) is 2.78. The monoisotopic (exact) mass is 330 g/mol. The molecule has 0 aromatic heterocycles. The van der Waals surface area contributed by atoms with Gasteiger partial charge in [0.2, 0.25) is 0 Å². The van der Waals surface area contributed by atoms with Crippen LogP contribution in [0.5, 0.6) is 0 Å². The van der Waals surface area contributed by atoms with E-state index in [4.69, 9.17) is 4.74 Å². The van der Waals surface area contributed by atoms with Crippen molar-refractivity contribution in [2.45, 2.75) is 38.1 Å². The van der Waals surface area contributed by atoms with Crippen LogP contribution in [0.2, 0.25) is 0 Å². The molecule has 1 saturated heterocycles. The number of allylic oxidation sites excluding steroid dienone is 1. The Bertz CT molecular complexity index is 498. The maximum absolute atomic E-state index is 12.3. The van der Waals surface area contributed by atoms with Crippen molar-refractivity contribution in [3.05, 3.63) is 12.3 Å². The van der Waals surface area contributed by atoms with Crippen molar-refractivity contribution in [2.75, 3.05) is 31.8 Å². The molecule has 1 saturated carbocycles. The molecule has 2 aliphatic rings. The van der Waals surface area contributed by atoms with Gasteiger partial charge in [-0.25, -0.2) is 13.2 Å². The molecule has 0 aromatic carbocycles. The number of sulfone groups is 1. The Morgan fingerprint density at radius 1 is 1.32 bits per heavy atom. The van der Waals surface area contributed by atoms with Crippen LogP contribution in [0.1, 0.15) is 32.1 Å². The summed E-state index contributed by atoms with van der Waals surface area (Å²) in [5.41, 5.74) is 0. The SMILES string of the molecule is COCCN(C(=O)N/C=C/C1CCCC1)C1CCS(=O)(=O)C1. The molecule has 2 rings (SSSR count). The molecule has 7 heteroatoms. The van der Waals surface area contributed by atoms with E-state index in [1.54, 1.807) is 18.2 Å². The number of hydrogen-bond acceptors (Lipinski definition) is 4. The minimum Gasteiger partial charge on any atom is -0.383 e. The summed E-state index contributed by atoms with van der Waals surface area (Å²) in [6.45, 7) is 0.802. The lowest BCUT2D eigenvalue weighted by atomic mass is 10.1. The number of amides is 2. The second-order valence-electron chi connectivity index (χ2n) is 6.10. The minimum absolute atomic E-state index is 0.0521. The van der Waals surface area contributed by atoms with Crippen LogP contribution in [0.25, 0.3) is 0 Å². The maximum Gasteiger partial charge on any atom is 0.321 e. The molecule has 0 aromatic rings. The molecule has 1 aliphatic heterocycles. The number of methoxy groups -OCH3 is 1. The molecular weight excluding hydrogens is 304 g/mol. The number of carbonyl (C=O) groups excluding carboxylic acids is 1. The van der Waals surface area contributed by atoms with Crippen LogP contribution < -0.4 is 5.32 Å². The zero-order valence-corrected chi connectivity index (χ0v) is 14.0. The number of hydrogen-bond donors (Lipinski definition) is 1. The van der Waals surface area contributed by atoms with E-state index in [1.165, 1.54) is 25.7 Å². The summed E-state index contributed by atoms with van der Waals surface area (Å²) in [6.07, 6.45) is 9.13. The highest BCUT2D eigenvalue weighted by molar-refractivity contribution is 7.91. The van der Waals surface area contributed by atoms with Gasteiger partial charge in [0.15, 0.2) is 9.84 Å². The third kappa shape index (κ3) is 4.98. The fourth-order valence-corrected chi connectivity index (χ4v) is 4.88. The Kier molecular flexibility index (Phi) is 6.26. The van der Waals surface area contributed by atoms with E-state index in [1.807, 2.05) is 6.08 Å². The first-order valence-corrected chi connectivity index (χ1v) is 9.77. The lowest BCUT2D eigenvalue weighted by Gasteiger charge is -2.27. The second kappa shape index (κ2) is 7.97. The van der Waals surface area contributed by atoms with E-state index < -0.39 is 9.84 Å². The molecule has 22 heavy (non-hydrogen) atoms. The zero-order valence-electron chi connectivity index (χ0n) is 13.2.